The van der Waals surface area contributed by atoms with Crippen LogP contribution in [-0.4, -0.2) is 56.1 Å². The van der Waals surface area contributed by atoms with Crippen molar-refractivity contribution in [1.82, 2.24) is 14.9 Å². The number of amides is 1. The minimum absolute atomic E-state index is 0.167. The zero-order valence-electron chi connectivity index (χ0n) is 13.4. The third-order valence-corrected chi connectivity index (χ3v) is 4.44. The molecule has 23 heavy (non-hydrogen) atoms. The van der Waals surface area contributed by atoms with Crippen molar-refractivity contribution in [1.29, 1.82) is 0 Å². The van der Waals surface area contributed by atoms with Crippen molar-refractivity contribution in [2.45, 2.75) is 50.7 Å². The maximum absolute atomic E-state index is 12.7. The van der Waals surface area contributed by atoms with E-state index < -0.39 is 11.6 Å². The van der Waals surface area contributed by atoms with Gasteiger partial charge in [-0.3, -0.25) is 4.79 Å². The smallest absolute Gasteiger partial charge is 0.356 e. The zero-order valence-corrected chi connectivity index (χ0v) is 13.4. The molecule has 7 nitrogen and oxygen atoms in total. The topological polar surface area (TPSA) is 92.6 Å². The monoisotopic (exact) mass is 319 g/mol. The van der Waals surface area contributed by atoms with E-state index in [-0.39, 0.29) is 22.9 Å². The van der Waals surface area contributed by atoms with Gasteiger partial charge in [0, 0.05) is 6.54 Å². The molecular weight excluding hydrogens is 298 g/mol. The Bertz CT molecular complexity index is 621. The van der Waals surface area contributed by atoms with Crippen molar-refractivity contribution in [3.05, 3.63) is 23.8 Å². The molecule has 0 radical (unpaired) electrons. The van der Waals surface area contributed by atoms with Crippen LogP contribution >= 0.6 is 0 Å². The molecule has 7 heteroatoms. The molecule has 1 aromatic heterocycles. The van der Waals surface area contributed by atoms with Crippen molar-refractivity contribution in [2.75, 3.05) is 13.1 Å². The Morgan fingerprint density at radius 2 is 1.74 bits per heavy atom. The summed E-state index contributed by atoms with van der Waals surface area (Å²) in [7, 11) is 0. The summed E-state index contributed by atoms with van der Waals surface area (Å²) in [6.45, 7) is 5.02. The summed E-state index contributed by atoms with van der Waals surface area (Å²) >= 11 is 0. The molecule has 0 aromatic carbocycles. The average molecular weight is 319 g/mol. The van der Waals surface area contributed by atoms with Crippen molar-refractivity contribution >= 4 is 11.9 Å². The molecule has 2 heterocycles. The van der Waals surface area contributed by atoms with Gasteiger partial charge < -0.3 is 14.7 Å². The number of ether oxygens (including phenoxy) is 1. The highest BCUT2D eigenvalue weighted by Crippen LogP contribution is 2.40. The fourth-order valence-electron chi connectivity index (χ4n) is 3.65. The number of aromatic carboxylic acids is 1. The highest BCUT2D eigenvalue weighted by molar-refractivity contribution is 5.93. The molecule has 1 saturated heterocycles. The number of hydrogen-bond donors (Lipinski definition) is 1. The van der Waals surface area contributed by atoms with E-state index in [9.17, 15) is 9.59 Å². The number of nitrogens with zero attached hydrogens (tertiary/aromatic N) is 3. The van der Waals surface area contributed by atoms with Crippen LogP contribution in [0.3, 0.4) is 0 Å². The number of carbonyl (C=O) groups is 2. The summed E-state index contributed by atoms with van der Waals surface area (Å²) < 4.78 is 6.28. The second kappa shape index (κ2) is 5.56. The van der Waals surface area contributed by atoms with Crippen LogP contribution in [-0.2, 0) is 4.74 Å². The second-order valence-electron chi connectivity index (χ2n) is 7.01. The van der Waals surface area contributed by atoms with Gasteiger partial charge in [-0.2, -0.15) is 0 Å². The van der Waals surface area contributed by atoms with E-state index in [0.29, 0.717) is 13.1 Å². The summed E-state index contributed by atoms with van der Waals surface area (Å²) in [5, 5.41) is 8.86. The largest absolute Gasteiger partial charge is 0.476 e. The number of carboxylic acid groups (broad SMARTS) is 1. The number of carbonyl (C=O) groups excluding carboxylic acids is 1. The van der Waals surface area contributed by atoms with Gasteiger partial charge in [0.1, 0.15) is 5.69 Å². The fraction of sp³-hybridized carbons (Fsp3) is 0.625. The first kappa shape index (κ1) is 15.9. The first-order chi connectivity index (χ1) is 10.8. The Hall–Kier alpha value is -2.02. The lowest BCUT2D eigenvalue weighted by Gasteiger charge is -2.48. The predicted octanol–water partition coefficient (Wildman–Crippen LogP) is 1.74. The predicted molar refractivity (Wildman–Crippen MR) is 81.3 cm³/mol. The summed E-state index contributed by atoms with van der Waals surface area (Å²) in [6, 6.07) is 0. The van der Waals surface area contributed by atoms with Gasteiger partial charge in [0.2, 0.25) is 0 Å². The quantitative estimate of drug-likeness (QED) is 0.892. The Kier molecular flexibility index (Phi) is 3.83. The second-order valence-corrected chi connectivity index (χ2v) is 7.01. The standard InChI is InChI=1S/C16H21N3O4/c1-15(2)9-19(10-16(23-15)5-3-4-6-16)13(20)11-7-18-12(8-17-11)14(21)22/h7-8H,3-6,9-10H2,1-2H3,(H,21,22). The van der Waals surface area contributed by atoms with E-state index in [1.807, 2.05) is 13.8 Å². The van der Waals surface area contributed by atoms with Gasteiger partial charge in [-0.1, -0.05) is 12.8 Å². The molecule has 1 aliphatic carbocycles. The Labute approximate surface area is 134 Å². The van der Waals surface area contributed by atoms with Crippen LogP contribution in [0.2, 0.25) is 0 Å². The summed E-state index contributed by atoms with van der Waals surface area (Å²) in [4.78, 5) is 33.1. The maximum atomic E-state index is 12.7. The molecule has 3 rings (SSSR count). The summed E-state index contributed by atoms with van der Waals surface area (Å²) in [5.74, 6) is -1.38. The van der Waals surface area contributed by atoms with Crippen molar-refractivity contribution in [2.24, 2.45) is 0 Å². The van der Waals surface area contributed by atoms with Crippen LogP contribution in [0.5, 0.6) is 0 Å². The van der Waals surface area contributed by atoms with Crippen molar-refractivity contribution < 1.29 is 19.4 Å². The number of hydrogen-bond acceptors (Lipinski definition) is 5. The van der Waals surface area contributed by atoms with Crippen LogP contribution < -0.4 is 0 Å². The van der Waals surface area contributed by atoms with E-state index in [1.165, 1.54) is 6.20 Å². The molecule has 1 aliphatic heterocycles. The fourth-order valence-corrected chi connectivity index (χ4v) is 3.65. The van der Waals surface area contributed by atoms with Crippen LogP contribution in [0.1, 0.15) is 60.5 Å². The van der Waals surface area contributed by atoms with Gasteiger partial charge in [0.25, 0.3) is 5.91 Å². The van der Waals surface area contributed by atoms with Gasteiger partial charge >= 0.3 is 5.97 Å². The molecule has 1 N–H and O–H groups in total. The van der Waals surface area contributed by atoms with Gasteiger partial charge in [-0.25, -0.2) is 14.8 Å². The molecule has 0 bridgehead atoms. The normalized spacial score (nSPS) is 22.3. The lowest BCUT2D eigenvalue weighted by Crippen LogP contribution is -2.60. The molecule has 1 aromatic rings. The van der Waals surface area contributed by atoms with Crippen molar-refractivity contribution in [3.63, 3.8) is 0 Å². The van der Waals surface area contributed by atoms with Gasteiger partial charge in [0.15, 0.2) is 5.69 Å². The lowest BCUT2D eigenvalue weighted by molar-refractivity contribution is -0.184. The average Bonchev–Trinajstić information content (AvgIpc) is 2.92. The maximum Gasteiger partial charge on any atom is 0.356 e. The zero-order chi connectivity index (χ0) is 16.7. The van der Waals surface area contributed by atoms with Gasteiger partial charge in [-0.05, 0) is 26.7 Å². The minimum atomic E-state index is -1.16. The first-order valence-corrected chi connectivity index (χ1v) is 7.85. The van der Waals surface area contributed by atoms with Crippen LogP contribution in [0, 0.1) is 0 Å². The molecule has 0 unspecified atom stereocenters. The molecule has 124 valence electrons. The molecule has 2 fully saturated rings. The van der Waals surface area contributed by atoms with Gasteiger partial charge in [-0.15, -0.1) is 0 Å². The minimum Gasteiger partial charge on any atom is -0.476 e. The molecular formula is C16H21N3O4. The molecule has 0 atom stereocenters. The number of rotatable bonds is 2. The third-order valence-electron chi connectivity index (χ3n) is 4.44. The number of aromatic nitrogens is 2. The van der Waals surface area contributed by atoms with Crippen LogP contribution in [0.4, 0.5) is 0 Å². The van der Waals surface area contributed by atoms with Crippen molar-refractivity contribution in [3.8, 4) is 0 Å². The number of carboxylic acids is 1. The van der Waals surface area contributed by atoms with E-state index in [0.717, 1.165) is 31.9 Å². The van der Waals surface area contributed by atoms with E-state index in [2.05, 4.69) is 9.97 Å². The van der Waals surface area contributed by atoms with E-state index in [4.69, 9.17) is 9.84 Å². The highest BCUT2D eigenvalue weighted by Gasteiger charge is 2.47. The number of morpholine rings is 1. The Balaban J connectivity index is 1.81. The van der Waals surface area contributed by atoms with E-state index >= 15 is 0 Å². The van der Waals surface area contributed by atoms with E-state index in [1.54, 1.807) is 4.90 Å². The Morgan fingerprint density at radius 3 is 2.30 bits per heavy atom. The van der Waals surface area contributed by atoms with Crippen LogP contribution in [0.25, 0.3) is 0 Å². The molecule has 1 spiro atoms. The third kappa shape index (κ3) is 3.19. The SMILES string of the molecule is CC1(C)CN(C(=O)c2cnc(C(=O)O)cn2)CC2(CCCC2)O1. The molecule has 2 aliphatic rings. The molecule has 1 amide bonds. The summed E-state index contributed by atoms with van der Waals surface area (Å²) in [6.07, 6.45) is 6.51. The molecule has 1 saturated carbocycles. The van der Waals surface area contributed by atoms with Gasteiger partial charge in [0.05, 0.1) is 30.1 Å². The Morgan fingerprint density at radius 1 is 1.13 bits per heavy atom. The first-order valence-electron chi connectivity index (χ1n) is 7.85. The summed E-state index contributed by atoms with van der Waals surface area (Å²) in [5.41, 5.74) is -0.671. The lowest BCUT2D eigenvalue weighted by atomic mass is 9.94. The highest BCUT2D eigenvalue weighted by atomic mass is 16.5. The van der Waals surface area contributed by atoms with Crippen LogP contribution in [0.15, 0.2) is 12.4 Å².